The molecule has 1 heterocycles. The van der Waals surface area contributed by atoms with Gasteiger partial charge in [0, 0.05) is 13.0 Å². The highest BCUT2D eigenvalue weighted by Crippen LogP contribution is 2.65. The Balaban J connectivity index is 2.12. The van der Waals surface area contributed by atoms with E-state index in [1.807, 2.05) is 4.90 Å². The van der Waals surface area contributed by atoms with E-state index < -0.39 is 0 Å². The number of hydrogen-bond acceptors (Lipinski definition) is 2. The maximum Gasteiger partial charge on any atom is 0.223 e. The summed E-state index contributed by atoms with van der Waals surface area (Å²) in [5, 5.41) is 0. The van der Waals surface area contributed by atoms with Crippen molar-refractivity contribution in [2.24, 2.45) is 22.7 Å². The standard InChI is InChI=1S/C15H25NO2/c1-9(17)13-12-10(15(12,5)6)8-16(13)11(18)7-14(2,3)4/h10,12-13H,7-8H2,1-6H3/t10-,12-,13+/m0/s1. The van der Waals surface area contributed by atoms with Crippen LogP contribution < -0.4 is 0 Å². The zero-order chi connectivity index (χ0) is 13.9. The van der Waals surface area contributed by atoms with Crippen LogP contribution in [0.1, 0.15) is 48.0 Å². The molecule has 18 heavy (non-hydrogen) atoms. The van der Waals surface area contributed by atoms with E-state index in [1.54, 1.807) is 6.92 Å². The Morgan fingerprint density at radius 2 is 1.83 bits per heavy atom. The number of hydrogen-bond donors (Lipinski definition) is 0. The first-order valence-corrected chi connectivity index (χ1v) is 6.85. The number of Topliss-reactive ketones (excluding diaryl/α,β-unsaturated/α-hetero) is 1. The molecule has 1 saturated heterocycles. The zero-order valence-corrected chi connectivity index (χ0v) is 12.4. The molecular weight excluding hydrogens is 226 g/mol. The van der Waals surface area contributed by atoms with Gasteiger partial charge < -0.3 is 4.90 Å². The lowest BCUT2D eigenvalue weighted by atomic mass is 9.90. The summed E-state index contributed by atoms with van der Waals surface area (Å²) in [5.74, 6) is 1.20. The van der Waals surface area contributed by atoms with Crippen molar-refractivity contribution >= 4 is 11.7 Å². The van der Waals surface area contributed by atoms with Crippen molar-refractivity contribution in [2.45, 2.75) is 54.0 Å². The van der Waals surface area contributed by atoms with Crippen LogP contribution >= 0.6 is 0 Å². The van der Waals surface area contributed by atoms with E-state index in [4.69, 9.17) is 0 Å². The molecule has 3 atom stereocenters. The number of piperidine rings is 1. The van der Waals surface area contributed by atoms with Crippen LogP contribution in [0.25, 0.3) is 0 Å². The predicted molar refractivity (Wildman–Crippen MR) is 71.0 cm³/mol. The van der Waals surface area contributed by atoms with E-state index in [9.17, 15) is 9.59 Å². The monoisotopic (exact) mass is 251 g/mol. The fourth-order valence-electron chi connectivity index (χ4n) is 3.57. The molecule has 2 fully saturated rings. The number of ketones is 1. The van der Waals surface area contributed by atoms with Crippen LogP contribution in [0.5, 0.6) is 0 Å². The second kappa shape index (κ2) is 3.82. The summed E-state index contributed by atoms with van der Waals surface area (Å²) in [5.41, 5.74) is 0.232. The van der Waals surface area contributed by atoms with Gasteiger partial charge in [-0.2, -0.15) is 0 Å². The highest BCUT2D eigenvalue weighted by molar-refractivity contribution is 5.89. The molecule has 3 nitrogen and oxygen atoms in total. The zero-order valence-electron chi connectivity index (χ0n) is 12.4. The van der Waals surface area contributed by atoms with E-state index in [-0.39, 0.29) is 28.6 Å². The first-order chi connectivity index (χ1) is 8.05. The number of carbonyl (C=O) groups excluding carboxylic acids is 2. The van der Waals surface area contributed by atoms with Crippen molar-refractivity contribution in [2.75, 3.05) is 6.54 Å². The van der Waals surface area contributed by atoms with E-state index in [0.717, 1.165) is 6.54 Å². The molecule has 2 rings (SSSR count). The summed E-state index contributed by atoms with van der Waals surface area (Å²) in [7, 11) is 0. The minimum absolute atomic E-state index is 0.0132. The van der Waals surface area contributed by atoms with Crippen LogP contribution in [0.3, 0.4) is 0 Å². The van der Waals surface area contributed by atoms with Gasteiger partial charge >= 0.3 is 0 Å². The molecule has 102 valence electrons. The second-order valence-electron chi connectivity index (χ2n) is 7.79. The minimum Gasteiger partial charge on any atom is -0.332 e. The number of fused-ring (bicyclic) bond motifs is 1. The molecule has 1 aliphatic heterocycles. The molecule has 0 aromatic rings. The summed E-state index contributed by atoms with van der Waals surface area (Å²) in [6.45, 7) is 13.0. The van der Waals surface area contributed by atoms with Gasteiger partial charge in [0.25, 0.3) is 0 Å². The summed E-state index contributed by atoms with van der Waals surface area (Å²) in [6.07, 6.45) is 0.524. The van der Waals surface area contributed by atoms with Gasteiger partial charge in [-0.3, -0.25) is 9.59 Å². The van der Waals surface area contributed by atoms with Crippen molar-refractivity contribution in [3.05, 3.63) is 0 Å². The Kier molecular flexibility index (Phi) is 2.88. The second-order valence-corrected chi connectivity index (χ2v) is 7.79. The fraction of sp³-hybridized carbons (Fsp3) is 0.867. The Labute approximate surface area is 110 Å². The lowest BCUT2D eigenvalue weighted by Gasteiger charge is -2.31. The van der Waals surface area contributed by atoms with Gasteiger partial charge in [0.15, 0.2) is 5.78 Å². The quantitative estimate of drug-likeness (QED) is 0.756. The molecule has 1 aliphatic carbocycles. The Bertz CT molecular complexity index is 392. The van der Waals surface area contributed by atoms with Crippen molar-refractivity contribution in [3.8, 4) is 0 Å². The van der Waals surface area contributed by atoms with Crippen LogP contribution in [0, 0.1) is 22.7 Å². The predicted octanol–water partition coefficient (Wildman–Crippen LogP) is 2.49. The third kappa shape index (κ3) is 2.08. The summed E-state index contributed by atoms with van der Waals surface area (Å²) in [4.78, 5) is 26.0. The molecule has 0 spiro atoms. The van der Waals surface area contributed by atoms with Crippen LogP contribution in [0.4, 0.5) is 0 Å². The van der Waals surface area contributed by atoms with Crippen LogP contribution in [0.15, 0.2) is 0 Å². The normalized spacial score (nSPS) is 33.2. The molecule has 0 N–H and O–H groups in total. The van der Waals surface area contributed by atoms with Gasteiger partial charge in [0.2, 0.25) is 5.91 Å². The van der Waals surface area contributed by atoms with Crippen LogP contribution in [0.2, 0.25) is 0 Å². The van der Waals surface area contributed by atoms with E-state index in [1.165, 1.54) is 0 Å². The molecule has 1 amide bonds. The number of rotatable bonds is 2. The number of amides is 1. The van der Waals surface area contributed by atoms with Gasteiger partial charge in [0.1, 0.15) is 0 Å². The van der Waals surface area contributed by atoms with E-state index in [0.29, 0.717) is 18.3 Å². The first kappa shape index (κ1) is 13.6. The molecule has 1 saturated carbocycles. The van der Waals surface area contributed by atoms with Crippen LogP contribution in [-0.4, -0.2) is 29.2 Å². The van der Waals surface area contributed by atoms with Crippen molar-refractivity contribution in [3.63, 3.8) is 0 Å². The summed E-state index contributed by atoms with van der Waals surface area (Å²) >= 11 is 0. The SMILES string of the molecule is CC(=O)[C@@H]1[C@@H]2[C@H](CN1C(=O)CC(C)(C)C)C2(C)C. The van der Waals surface area contributed by atoms with Gasteiger partial charge in [-0.05, 0) is 29.6 Å². The number of nitrogens with zero attached hydrogens (tertiary/aromatic N) is 1. The molecular formula is C15H25NO2. The Morgan fingerprint density at radius 1 is 1.28 bits per heavy atom. The van der Waals surface area contributed by atoms with Crippen molar-refractivity contribution in [1.82, 2.24) is 4.90 Å². The van der Waals surface area contributed by atoms with Gasteiger partial charge in [0.05, 0.1) is 6.04 Å². The molecule has 0 aromatic carbocycles. The smallest absolute Gasteiger partial charge is 0.223 e. The molecule has 2 aliphatic rings. The highest BCUT2D eigenvalue weighted by Gasteiger charge is 2.68. The van der Waals surface area contributed by atoms with Gasteiger partial charge in [-0.25, -0.2) is 0 Å². The summed E-state index contributed by atoms with van der Waals surface area (Å²) in [6, 6.07) is -0.167. The first-order valence-electron chi connectivity index (χ1n) is 6.85. The van der Waals surface area contributed by atoms with Crippen molar-refractivity contribution in [1.29, 1.82) is 0 Å². The third-order valence-electron chi connectivity index (χ3n) is 4.63. The lowest BCUT2D eigenvalue weighted by molar-refractivity contribution is -0.140. The average Bonchev–Trinajstić information content (AvgIpc) is 2.59. The van der Waals surface area contributed by atoms with Crippen molar-refractivity contribution < 1.29 is 9.59 Å². The number of carbonyl (C=O) groups is 2. The topological polar surface area (TPSA) is 37.4 Å². The molecule has 0 aromatic heterocycles. The largest absolute Gasteiger partial charge is 0.332 e. The average molecular weight is 251 g/mol. The summed E-state index contributed by atoms with van der Waals surface area (Å²) < 4.78 is 0. The third-order valence-corrected chi connectivity index (χ3v) is 4.63. The lowest BCUT2D eigenvalue weighted by Crippen LogP contribution is -2.45. The maximum atomic E-state index is 12.3. The highest BCUT2D eigenvalue weighted by atomic mass is 16.2. The van der Waals surface area contributed by atoms with E-state index >= 15 is 0 Å². The molecule has 3 heteroatoms. The fourth-order valence-corrected chi connectivity index (χ4v) is 3.57. The Morgan fingerprint density at radius 3 is 2.28 bits per heavy atom. The Hall–Kier alpha value is -0.860. The molecule has 0 bridgehead atoms. The van der Waals surface area contributed by atoms with Gasteiger partial charge in [-0.1, -0.05) is 34.6 Å². The molecule has 0 radical (unpaired) electrons. The maximum absolute atomic E-state index is 12.3. The minimum atomic E-state index is -0.167. The number of likely N-dealkylation sites (tertiary alicyclic amines) is 1. The van der Waals surface area contributed by atoms with Gasteiger partial charge in [-0.15, -0.1) is 0 Å². The van der Waals surface area contributed by atoms with Crippen LogP contribution in [-0.2, 0) is 9.59 Å². The molecule has 0 unspecified atom stereocenters. The van der Waals surface area contributed by atoms with E-state index in [2.05, 4.69) is 34.6 Å².